The monoisotopic (exact) mass is 466 g/mol. The van der Waals surface area contributed by atoms with Crippen molar-refractivity contribution in [2.45, 2.75) is 11.8 Å². The van der Waals surface area contributed by atoms with E-state index in [2.05, 4.69) is 0 Å². The summed E-state index contributed by atoms with van der Waals surface area (Å²) in [7, 11) is 0. The summed E-state index contributed by atoms with van der Waals surface area (Å²) in [4.78, 5) is 14.1. The van der Waals surface area contributed by atoms with Crippen LogP contribution in [-0.4, -0.2) is 5.78 Å². The highest BCUT2D eigenvalue weighted by molar-refractivity contribution is 6.30. The fourth-order valence-electron chi connectivity index (χ4n) is 3.89. The molecular formula is C27H18Cl2F2O. The Morgan fingerprint density at radius 2 is 0.938 bits per heavy atom. The summed E-state index contributed by atoms with van der Waals surface area (Å²) >= 11 is 12.1. The predicted molar refractivity (Wildman–Crippen MR) is 124 cm³/mol. The second-order valence-corrected chi connectivity index (χ2v) is 8.35. The number of Topliss-reactive ketones (excluding diaryl/α,β-unsaturated/α-hetero) is 1. The first-order valence-electron chi connectivity index (χ1n) is 9.98. The van der Waals surface area contributed by atoms with Gasteiger partial charge in [0.25, 0.3) is 0 Å². The minimum atomic E-state index is -0.785. The maximum atomic E-state index is 14.1. The molecule has 0 heterocycles. The van der Waals surface area contributed by atoms with Crippen LogP contribution in [0.5, 0.6) is 0 Å². The molecule has 0 radical (unpaired) electrons. The van der Waals surface area contributed by atoms with Gasteiger partial charge in [0, 0.05) is 10.0 Å². The highest BCUT2D eigenvalue weighted by atomic mass is 35.5. The molecule has 4 aromatic carbocycles. The van der Waals surface area contributed by atoms with Crippen LogP contribution in [0.3, 0.4) is 0 Å². The fourth-order valence-corrected chi connectivity index (χ4v) is 4.14. The third-order valence-electron chi connectivity index (χ3n) is 5.34. The second kappa shape index (κ2) is 9.64. The number of hydrogen-bond donors (Lipinski definition) is 0. The molecular weight excluding hydrogens is 449 g/mol. The molecule has 0 N–H and O–H groups in total. The molecule has 5 heteroatoms. The number of ketones is 1. The van der Waals surface area contributed by atoms with Crippen LogP contribution in [0.1, 0.15) is 34.1 Å². The van der Waals surface area contributed by atoms with Gasteiger partial charge < -0.3 is 0 Å². The highest BCUT2D eigenvalue weighted by Gasteiger charge is 2.32. The molecule has 0 aliphatic rings. The predicted octanol–water partition coefficient (Wildman–Crippen LogP) is 7.80. The van der Waals surface area contributed by atoms with Crippen molar-refractivity contribution in [3.8, 4) is 0 Å². The van der Waals surface area contributed by atoms with Crippen LogP contribution in [0.2, 0.25) is 10.0 Å². The molecule has 0 spiro atoms. The Labute approximate surface area is 195 Å². The molecule has 0 fully saturated rings. The quantitative estimate of drug-likeness (QED) is 0.283. The van der Waals surface area contributed by atoms with E-state index in [9.17, 15) is 13.6 Å². The summed E-state index contributed by atoms with van der Waals surface area (Å²) < 4.78 is 28.2. The molecule has 0 aliphatic carbocycles. The Balaban J connectivity index is 1.89. The largest absolute Gasteiger partial charge is 0.298 e. The Morgan fingerprint density at radius 3 is 1.28 bits per heavy atom. The Bertz CT molecular complexity index is 1140. The molecule has 2 unspecified atom stereocenters. The van der Waals surface area contributed by atoms with E-state index in [0.29, 0.717) is 32.3 Å². The summed E-state index contributed by atoms with van der Waals surface area (Å²) in [6, 6.07) is 25.7. The summed E-state index contributed by atoms with van der Waals surface area (Å²) in [6.07, 6.45) is 0. The summed E-state index contributed by atoms with van der Waals surface area (Å²) in [6.45, 7) is 0. The smallest absolute Gasteiger partial charge is 0.156 e. The van der Waals surface area contributed by atoms with Crippen molar-refractivity contribution in [3.63, 3.8) is 0 Å². The normalized spacial score (nSPS) is 12.9. The van der Waals surface area contributed by atoms with Crippen molar-refractivity contribution < 1.29 is 13.6 Å². The SMILES string of the molecule is O=C(C(c1ccc(Cl)cc1)c1cccc(F)c1)C(c1ccc(Cl)cc1)c1cccc(F)c1. The van der Waals surface area contributed by atoms with Gasteiger partial charge in [0.15, 0.2) is 5.78 Å². The lowest BCUT2D eigenvalue weighted by atomic mass is 9.77. The number of rotatable bonds is 6. The van der Waals surface area contributed by atoms with Crippen molar-refractivity contribution in [1.82, 2.24) is 0 Å². The lowest BCUT2D eigenvalue weighted by Crippen LogP contribution is -2.23. The zero-order valence-corrected chi connectivity index (χ0v) is 18.3. The van der Waals surface area contributed by atoms with E-state index in [1.807, 2.05) is 0 Å². The van der Waals surface area contributed by atoms with E-state index < -0.39 is 23.5 Å². The topological polar surface area (TPSA) is 17.1 Å². The van der Waals surface area contributed by atoms with Crippen molar-refractivity contribution >= 4 is 29.0 Å². The van der Waals surface area contributed by atoms with Crippen LogP contribution in [0, 0.1) is 11.6 Å². The lowest BCUT2D eigenvalue weighted by molar-refractivity contribution is -0.120. The molecule has 2 atom stereocenters. The standard InChI is InChI=1S/C27H18Cl2F2O/c28-21-11-7-17(8-12-21)25(19-3-1-5-23(30)15-19)27(32)26(18-9-13-22(29)14-10-18)20-4-2-6-24(31)16-20/h1-16,25-26H. The zero-order valence-electron chi connectivity index (χ0n) is 16.8. The van der Waals surface area contributed by atoms with E-state index in [1.54, 1.807) is 72.8 Å². The first-order chi connectivity index (χ1) is 15.4. The minimum Gasteiger partial charge on any atom is -0.298 e. The molecule has 160 valence electrons. The van der Waals surface area contributed by atoms with Crippen molar-refractivity contribution in [1.29, 1.82) is 0 Å². The van der Waals surface area contributed by atoms with E-state index in [-0.39, 0.29) is 5.78 Å². The zero-order chi connectivity index (χ0) is 22.7. The van der Waals surface area contributed by atoms with Gasteiger partial charge in [0.2, 0.25) is 0 Å². The molecule has 0 saturated carbocycles. The Hall–Kier alpha value is -3.01. The number of halogens is 4. The second-order valence-electron chi connectivity index (χ2n) is 7.48. The molecule has 0 amide bonds. The van der Waals surface area contributed by atoms with Crippen molar-refractivity contribution in [2.24, 2.45) is 0 Å². The van der Waals surface area contributed by atoms with Gasteiger partial charge in [0.1, 0.15) is 11.6 Å². The first kappa shape index (κ1) is 22.2. The number of carbonyl (C=O) groups excluding carboxylic acids is 1. The van der Waals surface area contributed by atoms with Gasteiger partial charge in [-0.05, 0) is 70.8 Å². The van der Waals surface area contributed by atoms with Gasteiger partial charge in [0.05, 0.1) is 11.8 Å². The van der Waals surface area contributed by atoms with E-state index in [0.717, 1.165) is 0 Å². The number of hydrogen-bond acceptors (Lipinski definition) is 1. The molecule has 32 heavy (non-hydrogen) atoms. The van der Waals surface area contributed by atoms with Crippen LogP contribution in [0.15, 0.2) is 97.1 Å². The van der Waals surface area contributed by atoms with Crippen molar-refractivity contribution in [3.05, 3.63) is 141 Å². The third-order valence-corrected chi connectivity index (χ3v) is 5.84. The summed E-state index contributed by atoms with van der Waals surface area (Å²) in [5.74, 6) is -2.67. The van der Waals surface area contributed by atoms with E-state index in [4.69, 9.17) is 23.2 Å². The maximum Gasteiger partial charge on any atom is 0.156 e. The minimum absolute atomic E-state index is 0.217. The molecule has 1 nitrogen and oxygen atoms in total. The third kappa shape index (κ3) is 4.90. The van der Waals surface area contributed by atoms with E-state index in [1.165, 1.54) is 24.3 Å². The molecule has 0 bridgehead atoms. The summed E-state index contributed by atoms with van der Waals surface area (Å²) in [5.41, 5.74) is 2.35. The van der Waals surface area contributed by atoms with Crippen LogP contribution in [-0.2, 0) is 4.79 Å². The van der Waals surface area contributed by atoms with E-state index >= 15 is 0 Å². The maximum absolute atomic E-state index is 14.1. The highest BCUT2D eigenvalue weighted by Crippen LogP contribution is 2.37. The van der Waals surface area contributed by atoms with Crippen molar-refractivity contribution in [2.75, 3.05) is 0 Å². The van der Waals surface area contributed by atoms with Crippen LogP contribution in [0.4, 0.5) is 8.78 Å². The first-order valence-corrected chi connectivity index (χ1v) is 10.7. The average Bonchev–Trinajstić information content (AvgIpc) is 2.77. The van der Waals surface area contributed by atoms with Gasteiger partial charge in [-0.3, -0.25) is 4.79 Å². The van der Waals surface area contributed by atoms with Gasteiger partial charge >= 0.3 is 0 Å². The average molecular weight is 467 g/mol. The lowest BCUT2D eigenvalue weighted by Gasteiger charge is -2.24. The Kier molecular flexibility index (Phi) is 6.69. The number of carbonyl (C=O) groups is 1. The molecule has 0 aromatic heterocycles. The van der Waals surface area contributed by atoms with Crippen LogP contribution in [0.25, 0.3) is 0 Å². The molecule has 0 saturated heterocycles. The molecule has 4 aromatic rings. The van der Waals surface area contributed by atoms with Gasteiger partial charge in [-0.2, -0.15) is 0 Å². The van der Waals surface area contributed by atoms with Gasteiger partial charge in [-0.1, -0.05) is 71.7 Å². The molecule has 4 rings (SSSR count). The van der Waals surface area contributed by atoms with Crippen LogP contribution < -0.4 is 0 Å². The van der Waals surface area contributed by atoms with Gasteiger partial charge in [-0.15, -0.1) is 0 Å². The van der Waals surface area contributed by atoms with Gasteiger partial charge in [-0.25, -0.2) is 8.78 Å². The fraction of sp³-hybridized carbons (Fsp3) is 0.0741. The summed E-state index contributed by atoms with van der Waals surface area (Å²) in [5, 5.41) is 1.05. The molecule has 0 aliphatic heterocycles. The Morgan fingerprint density at radius 1 is 0.562 bits per heavy atom. The number of benzene rings is 4. The van der Waals surface area contributed by atoms with Crippen LogP contribution >= 0.6 is 23.2 Å².